The van der Waals surface area contributed by atoms with Crippen LogP contribution in [0.25, 0.3) is 0 Å². The molecule has 1 saturated heterocycles. The largest absolute Gasteiger partial charge is 0.496 e. The Labute approximate surface area is 159 Å². The minimum Gasteiger partial charge on any atom is -0.496 e. The lowest BCUT2D eigenvalue weighted by atomic mass is 9.55. The van der Waals surface area contributed by atoms with E-state index in [1.807, 2.05) is 4.90 Å². The number of ether oxygens (including phenoxy) is 1. The first-order valence-electron chi connectivity index (χ1n) is 8.86. The van der Waals surface area contributed by atoms with Gasteiger partial charge in [0.15, 0.2) is 11.5 Å². The van der Waals surface area contributed by atoms with Crippen molar-refractivity contribution in [2.45, 2.75) is 25.1 Å². The second-order valence-corrected chi connectivity index (χ2v) is 7.61. The standard InChI is InChI=1S/C19H19F4N3O2/c1-28-15-2-3-24-8-13(15)16(27)11-5-18(6-11)9-26(10-18)12-4-14(20)17(25-7-12)19(21,22)23/h2-4,7-8,11,16,27H,5-6,9-10H2,1H3. The van der Waals surface area contributed by atoms with E-state index in [2.05, 4.69) is 9.97 Å². The van der Waals surface area contributed by atoms with Gasteiger partial charge in [0.25, 0.3) is 0 Å². The molecule has 0 radical (unpaired) electrons. The molecule has 5 nitrogen and oxygen atoms in total. The second-order valence-electron chi connectivity index (χ2n) is 7.61. The highest BCUT2D eigenvalue weighted by molar-refractivity contribution is 5.50. The van der Waals surface area contributed by atoms with Crippen LogP contribution in [0.1, 0.15) is 30.2 Å². The predicted molar refractivity (Wildman–Crippen MR) is 92.3 cm³/mol. The number of pyridine rings is 2. The first-order chi connectivity index (χ1) is 13.2. The maximum atomic E-state index is 13.7. The topological polar surface area (TPSA) is 58.5 Å². The molecule has 1 spiro atoms. The van der Waals surface area contributed by atoms with Crippen molar-refractivity contribution in [2.75, 3.05) is 25.1 Å². The van der Waals surface area contributed by atoms with Crippen LogP contribution >= 0.6 is 0 Å². The van der Waals surface area contributed by atoms with E-state index in [1.165, 1.54) is 7.11 Å². The summed E-state index contributed by atoms with van der Waals surface area (Å²) in [5, 5.41) is 10.6. The maximum Gasteiger partial charge on any atom is 0.436 e. The first kappa shape index (κ1) is 18.9. The lowest BCUT2D eigenvalue weighted by molar-refractivity contribution is -0.143. The van der Waals surface area contributed by atoms with E-state index >= 15 is 0 Å². The van der Waals surface area contributed by atoms with Gasteiger partial charge in [-0.25, -0.2) is 9.37 Å². The Morgan fingerprint density at radius 1 is 1.29 bits per heavy atom. The van der Waals surface area contributed by atoms with E-state index in [-0.39, 0.29) is 11.3 Å². The fourth-order valence-electron chi connectivity index (χ4n) is 4.35. The van der Waals surface area contributed by atoms with Crippen LogP contribution in [0.3, 0.4) is 0 Å². The Morgan fingerprint density at radius 3 is 2.61 bits per heavy atom. The Bertz CT molecular complexity index is 876. The lowest BCUT2D eigenvalue weighted by Gasteiger charge is -2.60. The fourth-order valence-corrected chi connectivity index (χ4v) is 4.35. The lowest BCUT2D eigenvalue weighted by Crippen LogP contribution is -2.63. The van der Waals surface area contributed by atoms with Gasteiger partial charge >= 0.3 is 6.18 Å². The molecule has 1 aliphatic carbocycles. The molecule has 1 aliphatic heterocycles. The number of aliphatic hydroxyl groups is 1. The van der Waals surface area contributed by atoms with Gasteiger partial charge in [-0.15, -0.1) is 0 Å². The third kappa shape index (κ3) is 3.17. The molecule has 4 rings (SSSR count). The molecule has 2 aromatic rings. The van der Waals surface area contributed by atoms with Crippen molar-refractivity contribution in [3.05, 3.63) is 47.8 Å². The van der Waals surface area contributed by atoms with Crippen molar-refractivity contribution in [1.82, 2.24) is 9.97 Å². The molecule has 3 heterocycles. The zero-order valence-corrected chi connectivity index (χ0v) is 15.1. The van der Waals surface area contributed by atoms with E-state index in [1.54, 1.807) is 18.5 Å². The number of aliphatic hydroxyl groups excluding tert-OH is 1. The summed E-state index contributed by atoms with van der Waals surface area (Å²) in [6.07, 6.45) is 0.316. The maximum absolute atomic E-state index is 13.7. The van der Waals surface area contributed by atoms with Crippen molar-refractivity contribution in [3.63, 3.8) is 0 Å². The first-order valence-corrected chi connectivity index (χ1v) is 8.86. The smallest absolute Gasteiger partial charge is 0.436 e. The molecule has 28 heavy (non-hydrogen) atoms. The number of aromatic nitrogens is 2. The molecule has 2 fully saturated rings. The van der Waals surface area contributed by atoms with Crippen molar-refractivity contribution >= 4 is 5.69 Å². The van der Waals surface area contributed by atoms with Crippen LogP contribution < -0.4 is 9.64 Å². The molecule has 2 aromatic heterocycles. The van der Waals surface area contributed by atoms with Crippen LogP contribution in [0.5, 0.6) is 5.75 Å². The molecule has 150 valence electrons. The van der Waals surface area contributed by atoms with E-state index < -0.39 is 23.8 Å². The van der Waals surface area contributed by atoms with Crippen molar-refractivity contribution in [2.24, 2.45) is 11.3 Å². The van der Waals surface area contributed by atoms with Crippen LogP contribution in [0, 0.1) is 17.2 Å². The zero-order valence-electron chi connectivity index (χ0n) is 15.1. The summed E-state index contributed by atoms with van der Waals surface area (Å²) in [6, 6.07) is 2.58. The van der Waals surface area contributed by atoms with E-state index in [0.717, 1.165) is 25.1 Å². The summed E-state index contributed by atoms with van der Waals surface area (Å²) in [4.78, 5) is 9.09. The SMILES string of the molecule is COc1ccncc1C(O)C1CC2(C1)CN(c1cnc(C(F)(F)F)c(F)c1)C2. The molecule has 0 aromatic carbocycles. The molecule has 9 heteroatoms. The van der Waals surface area contributed by atoms with Crippen molar-refractivity contribution in [3.8, 4) is 5.75 Å². The quantitative estimate of drug-likeness (QED) is 0.799. The number of halogens is 4. The number of methoxy groups -OCH3 is 1. The second kappa shape index (κ2) is 6.58. The van der Waals surface area contributed by atoms with Crippen LogP contribution in [-0.2, 0) is 6.18 Å². The summed E-state index contributed by atoms with van der Waals surface area (Å²) in [6.45, 7) is 1.21. The number of anilines is 1. The van der Waals surface area contributed by atoms with Crippen molar-refractivity contribution < 1.29 is 27.4 Å². The summed E-state index contributed by atoms with van der Waals surface area (Å²) in [5.74, 6) is -0.718. The summed E-state index contributed by atoms with van der Waals surface area (Å²) in [5.41, 5.74) is -0.506. The van der Waals surface area contributed by atoms with Gasteiger partial charge in [-0.1, -0.05) is 0 Å². The average molecular weight is 397 g/mol. The Hall–Kier alpha value is -2.42. The Kier molecular flexibility index (Phi) is 4.45. The van der Waals surface area contributed by atoms with Gasteiger partial charge in [0.2, 0.25) is 0 Å². The normalized spacial score (nSPS) is 19.9. The minimum atomic E-state index is -4.80. The van der Waals surface area contributed by atoms with E-state index in [9.17, 15) is 22.7 Å². The molecule has 1 unspecified atom stereocenters. The van der Waals surface area contributed by atoms with Gasteiger partial charge in [0.05, 0.1) is 25.1 Å². The van der Waals surface area contributed by atoms with Crippen molar-refractivity contribution in [1.29, 1.82) is 0 Å². The Morgan fingerprint density at radius 2 is 2.00 bits per heavy atom. The zero-order chi connectivity index (χ0) is 20.1. The highest BCUT2D eigenvalue weighted by Crippen LogP contribution is 2.56. The van der Waals surface area contributed by atoms with Gasteiger partial charge in [-0.05, 0) is 24.8 Å². The highest BCUT2D eigenvalue weighted by Gasteiger charge is 2.54. The van der Waals surface area contributed by atoms with Gasteiger partial charge in [0.1, 0.15) is 5.75 Å². The summed E-state index contributed by atoms with van der Waals surface area (Å²) in [7, 11) is 1.54. The number of hydrogen-bond acceptors (Lipinski definition) is 5. The fraction of sp³-hybridized carbons (Fsp3) is 0.474. The molecular weight excluding hydrogens is 378 g/mol. The molecule has 1 N–H and O–H groups in total. The number of hydrogen-bond donors (Lipinski definition) is 1. The summed E-state index contributed by atoms with van der Waals surface area (Å²) < 4.78 is 56.9. The Balaban J connectivity index is 1.37. The van der Waals surface area contributed by atoms with Gasteiger partial charge < -0.3 is 14.7 Å². The van der Waals surface area contributed by atoms with E-state index in [0.29, 0.717) is 30.1 Å². The highest BCUT2D eigenvalue weighted by atomic mass is 19.4. The van der Waals surface area contributed by atoms with Crippen LogP contribution in [0.15, 0.2) is 30.7 Å². The monoisotopic (exact) mass is 397 g/mol. The average Bonchev–Trinajstić information content (AvgIpc) is 2.58. The molecule has 2 aliphatic rings. The summed E-state index contributed by atoms with van der Waals surface area (Å²) >= 11 is 0. The van der Waals surface area contributed by atoms with Crippen LogP contribution in [-0.4, -0.2) is 35.3 Å². The molecular formula is C19H19F4N3O2. The van der Waals surface area contributed by atoms with Gasteiger partial charge in [-0.2, -0.15) is 13.2 Å². The third-order valence-electron chi connectivity index (χ3n) is 5.70. The van der Waals surface area contributed by atoms with E-state index in [4.69, 9.17) is 4.74 Å². The van der Waals surface area contributed by atoms with Gasteiger partial charge in [-0.3, -0.25) is 4.98 Å². The third-order valence-corrected chi connectivity index (χ3v) is 5.70. The van der Waals surface area contributed by atoms with Crippen LogP contribution in [0.2, 0.25) is 0 Å². The number of nitrogens with zero attached hydrogens (tertiary/aromatic N) is 3. The molecule has 0 bridgehead atoms. The minimum absolute atomic E-state index is 0.000263. The number of rotatable bonds is 4. The molecule has 1 saturated carbocycles. The number of alkyl halides is 3. The molecule has 0 amide bonds. The van der Waals surface area contributed by atoms with Gasteiger partial charge in [0, 0.05) is 42.5 Å². The van der Waals surface area contributed by atoms with Crippen LogP contribution in [0.4, 0.5) is 23.2 Å². The molecule has 1 atom stereocenters. The predicted octanol–water partition coefficient (Wildman–Crippen LogP) is 3.59.